The van der Waals surface area contributed by atoms with Gasteiger partial charge in [-0.25, -0.2) is 4.68 Å². The summed E-state index contributed by atoms with van der Waals surface area (Å²) in [5.41, 5.74) is 8.13. The Labute approximate surface area is 122 Å². The minimum atomic E-state index is 0.254. The van der Waals surface area contributed by atoms with Gasteiger partial charge in [0.05, 0.1) is 16.3 Å². The summed E-state index contributed by atoms with van der Waals surface area (Å²) in [5, 5.41) is 4.79. The summed E-state index contributed by atoms with van der Waals surface area (Å²) in [4.78, 5) is 0.254. The average molecular weight is 296 g/mol. The number of hydrogen-bond donors (Lipinski definition) is 1. The van der Waals surface area contributed by atoms with E-state index in [2.05, 4.69) is 5.10 Å². The number of aryl methyl sites for hydroxylation is 3. The maximum absolute atomic E-state index is 6.12. The second-order valence-corrected chi connectivity index (χ2v) is 5.14. The highest BCUT2D eigenvalue weighted by Crippen LogP contribution is 2.32. The van der Waals surface area contributed by atoms with E-state index >= 15 is 0 Å². The fraction of sp³-hybridized carbons (Fsp3) is 0.231. The number of benzene rings is 1. The van der Waals surface area contributed by atoms with Crippen LogP contribution in [0.4, 0.5) is 0 Å². The van der Waals surface area contributed by atoms with Crippen LogP contribution in [0.3, 0.4) is 0 Å². The number of ether oxygens (including phenoxy) is 1. The molecule has 1 aromatic carbocycles. The first-order valence-electron chi connectivity index (χ1n) is 5.67. The Hall–Kier alpha value is -1.59. The summed E-state index contributed by atoms with van der Waals surface area (Å²) in [6.45, 7) is 3.80. The fourth-order valence-corrected chi connectivity index (χ4v) is 2.22. The molecule has 0 aliphatic carbocycles. The van der Waals surface area contributed by atoms with Gasteiger partial charge in [0.15, 0.2) is 0 Å². The third-order valence-corrected chi connectivity index (χ3v) is 3.23. The van der Waals surface area contributed by atoms with Gasteiger partial charge in [-0.15, -0.1) is 0 Å². The standard InChI is InChI=1S/C13H14ClN3OS/c1-7-4-5-9(14)10(6-7)18-13-11(12(15)19)8(2)16-17(13)3/h4-6H,1-3H3,(H2,15,19). The molecule has 1 heterocycles. The summed E-state index contributed by atoms with van der Waals surface area (Å²) in [7, 11) is 1.77. The zero-order valence-corrected chi connectivity index (χ0v) is 12.5. The molecule has 0 bridgehead atoms. The molecule has 1 aromatic heterocycles. The Morgan fingerprint density at radius 1 is 1.42 bits per heavy atom. The molecule has 6 heteroatoms. The van der Waals surface area contributed by atoms with Crippen molar-refractivity contribution in [2.45, 2.75) is 13.8 Å². The molecule has 2 N–H and O–H groups in total. The first-order valence-corrected chi connectivity index (χ1v) is 6.46. The van der Waals surface area contributed by atoms with Crippen LogP contribution in [0.5, 0.6) is 11.6 Å². The number of nitrogens with two attached hydrogens (primary N) is 1. The van der Waals surface area contributed by atoms with Gasteiger partial charge in [-0.3, -0.25) is 0 Å². The van der Waals surface area contributed by atoms with Gasteiger partial charge in [0.25, 0.3) is 0 Å². The lowest BCUT2D eigenvalue weighted by atomic mass is 10.2. The second-order valence-electron chi connectivity index (χ2n) is 4.29. The van der Waals surface area contributed by atoms with E-state index in [9.17, 15) is 0 Å². The lowest BCUT2D eigenvalue weighted by molar-refractivity contribution is 0.430. The normalized spacial score (nSPS) is 10.5. The third-order valence-electron chi connectivity index (χ3n) is 2.71. The van der Waals surface area contributed by atoms with Crippen molar-refractivity contribution in [2.75, 3.05) is 0 Å². The van der Waals surface area contributed by atoms with Gasteiger partial charge < -0.3 is 10.5 Å². The first-order chi connectivity index (χ1) is 8.90. The maximum atomic E-state index is 6.12. The minimum Gasteiger partial charge on any atom is -0.437 e. The van der Waals surface area contributed by atoms with Crippen LogP contribution in [-0.2, 0) is 7.05 Å². The predicted octanol–water partition coefficient (Wildman–Crippen LogP) is 3.12. The van der Waals surface area contributed by atoms with Crippen molar-refractivity contribution >= 4 is 28.8 Å². The van der Waals surface area contributed by atoms with Crippen molar-refractivity contribution in [1.82, 2.24) is 9.78 Å². The average Bonchev–Trinajstić information content (AvgIpc) is 2.59. The third kappa shape index (κ3) is 2.72. The van der Waals surface area contributed by atoms with Gasteiger partial charge in [-0.2, -0.15) is 5.10 Å². The molecule has 2 aromatic rings. The topological polar surface area (TPSA) is 53.1 Å². The maximum Gasteiger partial charge on any atom is 0.228 e. The van der Waals surface area contributed by atoms with Gasteiger partial charge in [-0.1, -0.05) is 29.9 Å². The number of halogens is 1. The van der Waals surface area contributed by atoms with Gasteiger partial charge in [0.2, 0.25) is 5.88 Å². The molecule has 0 unspecified atom stereocenters. The summed E-state index contributed by atoms with van der Waals surface area (Å²) >= 11 is 11.2. The Balaban J connectivity index is 2.49. The SMILES string of the molecule is Cc1ccc(Cl)c(Oc2c(C(N)=S)c(C)nn2C)c1. The molecule has 0 amide bonds. The second kappa shape index (κ2) is 5.19. The molecular formula is C13H14ClN3OS. The number of aromatic nitrogens is 2. The molecule has 0 fully saturated rings. The smallest absolute Gasteiger partial charge is 0.228 e. The minimum absolute atomic E-state index is 0.254. The molecule has 2 rings (SSSR count). The molecule has 4 nitrogen and oxygen atoms in total. The first kappa shape index (κ1) is 13.8. The van der Waals surface area contributed by atoms with Crippen molar-refractivity contribution < 1.29 is 4.74 Å². The van der Waals surface area contributed by atoms with Crippen molar-refractivity contribution in [2.24, 2.45) is 12.8 Å². The molecule has 0 aliphatic heterocycles. The van der Waals surface area contributed by atoms with Gasteiger partial charge >= 0.3 is 0 Å². The van der Waals surface area contributed by atoms with Gasteiger partial charge in [0, 0.05) is 7.05 Å². The van der Waals surface area contributed by atoms with E-state index in [0.717, 1.165) is 11.3 Å². The number of hydrogen-bond acceptors (Lipinski definition) is 3. The highest BCUT2D eigenvalue weighted by molar-refractivity contribution is 7.80. The van der Waals surface area contributed by atoms with Crippen molar-refractivity contribution in [3.63, 3.8) is 0 Å². The molecule has 0 saturated heterocycles. The zero-order valence-electron chi connectivity index (χ0n) is 10.9. The Kier molecular flexibility index (Phi) is 3.78. The van der Waals surface area contributed by atoms with E-state index in [0.29, 0.717) is 22.2 Å². The highest BCUT2D eigenvalue weighted by atomic mass is 35.5. The molecule has 0 aliphatic rings. The molecule has 19 heavy (non-hydrogen) atoms. The largest absolute Gasteiger partial charge is 0.437 e. The summed E-state index contributed by atoms with van der Waals surface area (Å²) in [5.74, 6) is 1.06. The van der Waals surface area contributed by atoms with E-state index < -0.39 is 0 Å². The van der Waals surface area contributed by atoms with E-state index in [1.807, 2.05) is 26.0 Å². The number of rotatable bonds is 3. The molecule has 0 spiro atoms. The highest BCUT2D eigenvalue weighted by Gasteiger charge is 2.18. The van der Waals surface area contributed by atoms with E-state index in [1.165, 1.54) is 0 Å². The van der Waals surface area contributed by atoms with Crippen LogP contribution in [0.1, 0.15) is 16.8 Å². The summed E-state index contributed by atoms with van der Waals surface area (Å²) < 4.78 is 7.43. The molecule has 0 atom stereocenters. The molecule has 100 valence electrons. The Morgan fingerprint density at radius 2 is 2.11 bits per heavy atom. The summed E-state index contributed by atoms with van der Waals surface area (Å²) in [6.07, 6.45) is 0. The predicted molar refractivity (Wildman–Crippen MR) is 80.1 cm³/mol. The van der Waals surface area contributed by atoms with Crippen LogP contribution in [0, 0.1) is 13.8 Å². The van der Waals surface area contributed by atoms with Gasteiger partial charge in [-0.05, 0) is 31.5 Å². The summed E-state index contributed by atoms with van der Waals surface area (Å²) in [6, 6.07) is 5.56. The van der Waals surface area contributed by atoms with Crippen LogP contribution in [-0.4, -0.2) is 14.8 Å². The Bertz CT molecular complexity index is 652. The Morgan fingerprint density at radius 3 is 2.74 bits per heavy atom. The van der Waals surface area contributed by atoms with E-state index in [4.69, 9.17) is 34.3 Å². The van der Waals surface area contributed by atoms with Crippen molar-refractivity contribution in [3.8, 4) is 11.6 Å². The van der Waals surface area contributed by atoms with Gasteiger partial charge in [0.1, 0.15) is 10.7 Å². The lowest BCUT2D eigenvalue weighted by Crippen LogP contribution is -2.11. The van der Waals surface area contributed by atoms with Crippen molar-refractivity contribution in [1.29, 1.82) is 0 Å². The molecule has 0 radical (unpaired) electrons. The fourth-order valence-electron chi connectivity index (χ4n) is 1.83. The molecular weight excluding hydrogens is 282 g/mol. The number of nitrogens with zero attached hydrogens (tertiary/aromatic N) is 2. The van der Waals surface area contributed by atoms with Crippen LogP contribution in [0.2, 0.25) is 5.02 Å². The van der Waals surface area contributed by atoms with Crippen molar-refractivity contribution in [3.05, 3.63) is 40.0 Å². The molecule has 0 saturated carbocycles. The van der Waals surface area contributed by atoms with Crippen LogP contribution in [0.15, 0.2) is 18.2 Å². The van der Waals surface area contributed by atoms with E-state index in [1.54, 1.807) is 17.8 Å². The lowest BCUT2D eigenvalue weighted by Gasteiger charge is -2.10. The van der Waals surface area contributed by atoms with E-state index in [-0.39, 0.29) is 4.99 Å². The van der Waals surface area contributed by atoms with Crippen LogP contribution >= 0.6 is 23.8 Å². The monoisotopic (exact) mass is 295 g/mol. The zero-order chi connectivity index (χ0) is 14.2. The van der Waals surface area contributed by atoms with Crippen LogP contribution < -0.4 is 10.5 Å². The quantitative estimate of drug-likeness (QED) is 0.884. The van der Waals surface area contributed by atoms with Crippen LogP contribution in [0.25, 0.3) is 0 Å². The number of thiocarbonyl (C=S) groups is 1.